The summed E-state index contributed by atoms with van der Waals surface area (Å²) in [5, 5.41) is 0. The zero-order chi connectivity index (χ0) is 32.5. The molecule has 2 atom stereocenters. The summed E-state index contributed by atoms with van der Waals surface area (Å²) < 4.78 is 29.2. The van der Waals surface area contributed by atoms with E-state index in [1.165, 1.54) is 30.7 Å². The Hall–Kier alpha value is -4.36. The van der Waals surface area contributed by atoms with Crippen molar-refractivity contribution in [2.45, 2.75) is 78.7 Å². The Kier molecular flexibility index (Phi) is 11.3. The highest BCUT2D eigenvalue weighted by Gasteiger charge is 2.19. The molecule has 4 bridgehead atoms. The number of rotatable bonds is 8. The van der Waals surface area contributed by atoms with Crippen LogP contribution in [0.25, 0.3) is 0 Å². The van der Waals surface area contributed by atoms with Crippen molar-refractivity contribution in [1.29, 1.82) is 0 Å². The van der Waals surface area contributed by atoms with Gasteiger partial charge in [0.1, 0.15) is 13.5 Å². The first kappa shape index (κ1) is 33.0. The number of aryl methyl sites for hydroxylation is 2. The van der Waals surface area contributed by atoms with E-state index in [1.54, 1.807) is 13.8 Å². The highest BCUT2D eigenvalue weighted by atomic mass is 16.5. The zero-order valence-electron chi connectivity index (χ0n) is 26.2. The summed E-state index contributed by atoms with van der Waals surface area (Å²) in [4.78, 5) is 53.0. The summed E-state index contributed by atoms with van der Waals surface area (Å²) in [5.74, 6) is 0. The van der Waals surface area contributed by atoms with Crippen LogP contribution in [0.1, 0.15) is 35.1 Å². The number of hydrogen-bond acceptors (Lipinski definition) is 8. The van der Waals surface area contributed by atoms with Gasteiger partial charge in [-0.15, -0.1) is 0 Å². The topological polar surface area (TPSA) is 125 Å². The third-order valence-electron chi connectivity index (χ3n) is 7.90. The molecule has 0 fully saturated rings. The number of nitrogens with zero attached hydrogens (tertiary/aromatic N) is 4. The number of aromatic nitrogens is 4. The van der Waals surface area contributed by atoms with Crippen LogP contribution in [0.2, 0.25) is 0 Å². The van der Waals surface area contributed by atoms with Crippen LogP contribution < -0.4 is 22.5 Å². The lowest BCUT2D eigenvalue weighted by Gasteiger charge is -2.23. The smallest absolute Gasteiger partial charge is 0.332 e. The molecule has 244 valence electrons. The lowest BCUT2D eigenvalue weighted by atomic mass is 10.2. The third kappa shape index (κ3) is 8.46. The lowest BCUT2D eigenvalue weighted by molar-refractivity contribution is -0.0598. The molecule has 1 aliphatic heterocycles. The molecule has 0 unspecified atom stereocenters. The van der Waals surface area contributed by atoms with Crippen LogP contribution in [-0.2, 0) is 58.7 Å². The molecule has 0 saturated carbocycles. The highest BCUT2D eigenvalue weighted by Crippen LogP contribution is 2.09. The van der Waals surface area contributed by atoms with Crippen molar-refractivity contribution in [3.05, 3.63) is 137 Å². The Bertz CT molecular complexity index is 1690. The first-order chi connectivity index (χ1) is 22.3. The van der Waals surface area contributed by atoms with Gasteiger partial charge in [-0.25, -0.2) is 9.59 Å². The number of hydrogen-bond donors (Lipinski definition) is 0. The molecular weight excluding hydrogens is 592 g/mol. The molecule has 0 amide bonds. The van der Waals surface area contributed by atoms with Crippen LogP contribution in [-0.4, -0.2) is 43.7 Å². The van der Waals surface area contributed by atoms with Crippen LogP contribution in [0.15, 0.2) is 92.2 Å². The largest absolute Gasteiger partial charge is 0.374 e. The fourth-order valence-electron chi connectivity index (χ4n) is 5.29. The Morgan fingerprint density at radius 3 is 1.41 bits per heavy atom. The summed E-state index contributed by atoms with van der Waals surface area (Å²) in [6.07, 6.45) is 2.35. The molecule has 0 saturated heterocycles. The monoisotopic (exact) mass is 632 g/mol. The molecule has 0 radical (unpaired) electrons. The van der Waals surface area contributed by atoms with Gasteiger partial charge in [0.2, 0.25) is 0 Å². The van der Waals surface area contributed by atoms with Gasteiger partial charge in [0.05, 0.1) is 38.6 Å². The summed E-state index contributed by atoms with van der Waals surface area (Å²) in [6.45, 7) is 4.14. The molecule has 2 aromatic carbocycles. The maximum atomic E-state index is 13.5. The number of ether oxygens (including phenoxy) is 4. The van der Waals surface area contributed by atoms with Gasteiger partial charge in [-0.2, -0.15) is 0 Å². The average molecular weight is 633 g/mol. The minimum atomic E-state index is -0.563. The van der Waals surface area contributed by atoms with Gasteiger partial charge in [0.25, 0.3) is 11.1 Å². The van der Waals surface area contributed by atoms with Crippen LogP contribution >= 0.6 is 0 Å². The molecule has 12 nitrogen and oxygen atoms in total. The molecule has 0 aliphatic carbocycles. The Balaban J connectivity index is 1.41. The van der Waals surface area contributed by atoms with E-state index in [2.05, 4.69) is 0 Å². The molecule has 1 aliphatic rings. The summed E-state index contributed by atoms with van der Waals surface area (Å²) in [5.41, 5.74) is 0.936. The molecule has 5 rings (SSSR count). The second-order valence-corrected chi connectivity index (χ2v) is 11.5. The van der Waals surface area contributed by atoms with E-state index in [0.29, 0.717) is 24.3 Å². The quantitative estimate of drug-likeness (QED) is 0.290. The fraction of sp³-hybridized carbons (Fsp3) is 0.412. The van der Waals surface area contributed by atoms with Gasteiger partial charge in [-0.3, -0.25) is 27.9 Å². The minimum absolute atomic E-state index is 0.0652. The van der Waals surface area contributed by atoms with Gasteiger partial charge >= 0.3 is 11.4 Å². The van der Waals surface area contributed by atoms with Crippen molar-refractivity contribution < 1.29 is 18.9 Å². The van der Waals surface area contributed by atoms with Gasteiger partial charge in [0.15, 0.2) is 0 Å². The molecule has 0 spiro atoms. The Morgan fingerprint density at radius 1 is 0.630 bits per heavy atom. The predicted octanol–water partition coefficient (Wildman–Crippen LogP) is 2.56. The molecule has 2 aromatic heterocycles. The van der Waals surface area contributed by atoms with E-state index >= 15 is 0 Å². The van der Waals surface area contributed by atoms with Crippen molar-refractivity contribution in [2.75, 3.05) is 13.2 Å². The maximum absolute atomic E-state index is 13.5. The zero-order valence-corrected chi connectivity index (χ0v) is 26.2. The van der Waals surface area contributed by atoms with E-state index in [1.807, 2.05) is 60.7 Å². The van der Waals surface area contributed by atoms with Crippen LogP contribution in [0.5, 0.6) is 0 Å². The Labute approximate surface area is 266 Å². The number of benzene rings is 2. The van der Waals surface area contributed by atoms with Gasteiger partial charge in [-0.05, 0) is 37.8 Å². The van der Waals surface area contributed by atoms with E-state index in [0.717, 1.165) is 11.1 Å². The van der Waals surface area contributed by atoms with Crippen molar-refractivity contribution in [1.82, 2.24) is 18.3 Å². The second-order valence-electron chi connectivity index (χ2n) is 11.5. The first-order valence-electron chi connectivity index (χ1n) is 15.4. The average Bonchev–Trinajstić information content (AvgIpc) is 3.06. The van der Waals surface area contributed by atoms with E-state index in [-0.39, 0.29) is 52.6 Å². The predicted molar refractivity (Wildman–Crippen MR) is 171 cm³/mol. The lowest BCUT2D eigenvalue weighted by Crippen LogP contribution is -2.44. The molecule has 4 aromatic rings. The number of fused-ring (bicyclic) bond motifs is 4. The van der Waals surface area contributed by atoms with E-state index in [4.69, 9.17) is 18.9 Å². The van der Waals surface area contributed by atoms with Crippen LogP contribution in [0, 0.1) is 13.8 Å². The van der Waals surface area contributed by atoms with Crippen molar-refractivity contribution in [3.63, 3.8) is 0 Å². The van der Waals surface area contributed by atoms with Crippen molar-refractivity contribution in [3.8, 4) is 0 Å². The van der Waals surface area contributed by atoms with Gasteiger partial charge < -0.3 is 18.9 Å². The summed E-state index contributed by atoms with van der Waals surface area (Å²) in [7, 11) is 0. The maximum Gasteiger partial charge on any atom is 0.332 e. The first-order valence-corrected chi connectivity index (χ1v) is 15.4. The van der Waals surface area contributed by atoms with E-state index < -0.39 is 34.7 Å². The molecule has 46 heavy (non-hydrogen) atoms. The Morgan fingerprint density at radius 2 is 1.02 bits per heavy atom. The normalized spacial score (nSPS) is 17.5. The van der Waals surface area contributed by atoms with Gasteiger partial charge in [-0.1, -0.05) is 60.7 Å². The molecule has 0 N–H and O–H groups in total. The van der Waals surface area contributed by atoms with Crippen molar-refractivity contribution in [2.24, 2.45) is 0 Å². The molecular formula is C34H40N4O8. The SMILES string of the molecule is Cc1cn2c(=O)n(c1=O)CC[C@@H](COCc1ccccc1)OCn1cc(C)c(=O)n(c1=O)CC[C@@H](COCc1ccccc1)OC2. The van der Waals surface area contributed by atoms with E-state index in [9.17, 15) is 19.2 Å². The van der Waals surface area contributed by atoms with Crippen molar-refractivity contribution >= 4 is 0 Å². The fourth-order valence-corrected chi connectivity index (χ4v) is 5.29. The second kappa shape index (κ2) is 15.8. The van der Waals surface area contributed by atoms with Crippen LogP contribution in [0.3, 0.4) is 0 Å². The van der Waals surface area contributed by atoms with Crippen LogP contribution in [0.4, 0.5) is 0 Å². The highest BCUT2D eigenvalue weighted by molar-refractivity contribution is 5.14. The third-order valence-corrected chi connectivity index (χ3v) is 7.90. The summed E-state index contributed by atoms with van der Waals surface area (Å²) in [6, 6.07) is 19.3. The molecule has 3 heterocycles. The van der Waals surface area contributed by atoms with Gasteiger partial charge in [0, 0.05) is 36.6 Å². The summed E-state index contributed by atoms with van der Waals surface area (Å²) >= 11 is 0. The minimum Gasteiger partial charge on any atom is -0.374 e. The molecule has 12 heteroatoms. The standard InChI is InChI=1S/C34H40N4O8/c1-25-17-35-23-45-30(22-44-20-28-11-7-4-8-12-28)14-16-38-32(40)26(2)18-36(34(38)42)24-46-29(13-15-37(31(25)39)33(35)41)21-43-19-27-9-5-3-6-10-27/h3-12,17-18,29-30H,13-16,19-24H2,1-2H3/t29-,30-/m0/s1.